The molecule has 0 amide bonds. The summed E-state index contributed by atoms with van der Waals surface area (Å²) in [6.07, 6.45) is 2.04. The predicted molar refractivity (Wildman–Crippen MR) is 102 cm³/mol. The van der Waals surface area contributed by atoms with E-state index >= 15 is 0 Å². The average molecular weight is 342 g/mol. The molecule has 25 heavy (non-hydrogen) atoms. The number of nitrogens with zero attached hydrogens (tertiary/aromatic N) is 2. The van der Waals surface area contributed by atoms with Gasteiger partial charge in [-0.2, -0.15) is 5.10 Å². The third kappa shape index (κ3) is 4.71. The lowest BCUT2D eigenvalue weighted by atomic mass is 9.99. The minimum atomic E-state index is -0.137. The SMILES string of the molecule is CCC(C)c1ccc(OCC(=O)n2nc(C)c(CC(C)C)c2C)cc1. The Bertz CT molecular complexity index is 714. The fourth-order valence-corrected chi connectivity index (χ4v) is 2.96. The van der Waals surface area contributed by atoms with Crippen LogP contribution in [0.5, 0.6) is 5.75 Å². The highest BCUT2D eigenvalue weighted by molar-refractivity contribution is 5.80. The van der Waals surface area contributed by atoms with Crippen molar-refractivity contribution < 1.29 is 9.53 Å². The molecule has 1 aromatic heterocycles. The molecule has 4 heteroatoms. The summed E-state index contributed by atoms with van der Waals surface area (Å²) >= 11 is 0. The Hall–Kier alpha value is -2.10. The largest absolute Gasteiger partial charge is 0.484 e. The van der Waals surface area contributed by atoms with E-state index in [2.05, 4.69) is 44.9 Å². The summed E-state index contributed by atoms with van der Waals surface area (Å²) in [5, 5.41) is 4.41. The van der Waals surface area contributed by atoms with Crippen molar-refractivity contribution in [1.82, 2.24) is 9.78 Å². The van der Waals surface area contributed by atoms with E-state index in [9.17, 15) is 4.79 Å². The van der Waals surface area contributed by atoms with Gasteiger partial charge in [-0.15, -0.1) is 0 Å². The minimum Gasteiger partial charge on any atom is -0.484 e. The van der Waals surface area contributed by atoms with E-state index in [4.69, 9.17) is 4.74 Å². The molecule has 0 N–H and O–H groups in total. The van der Waals surface area contributed by atoms with E-state index in [1.165, 1.54) is 15.8 Å². The van der Waals surface area contributed by atoms with Gasteiger partial charge in [0.2, 0.25) is 0 Å². The van der Waals surface area contributed by atoms with Crippen molar-refractivity contribution in [3.05, 3.63) is 46.8 Å². The summed E-state index contributed by atoms with van der Waals surface area (Å²) in [5.74, 6) is 1.64. The fourth-order valence-electron chi connectivity index (χ4n) is 2.96. The van der Waals surface area contributed by atoms with Crippen molar-refractivity contribution in [3.8, 4) is 5.75 Å². The zero-order valence-corrected chi connectivity index (χ0v) is 16.3. The van der Waals surface area contributed by atoms with Crippen LogP contribution in [0.3, 0.4) is 0 Å². The zero-order valence-electron chi connectivity index (χ0n) is 16.3. The third-order valence-electron chi connectivity index (χ3n) is 4.71. The van der Waals surface area contributed by atoms with Crippen molar-refractivity contribution in [3.63, 3.8) is 0 Å². The van der Waals surface area contributed by atoms with Gasteiger partial charge in [0, 0.05) is 5.69 Å². The van der Waals surface area contributed by atoms with Crippen LogP contribution in [0, 0.1) is 19.8 Å². The molecule has 0 saturated carbocycles. The average Bonchev–Trinajstić information content (AvgIpc) is 2.87. The van der Waals surface area contributed by atoms with Gasteiger partial charge in [-0.1, -0.05) is 39.8 Å². The number of carbonyl (C=O) groups excluding carboxylic acids is 1. The fraction of sp³-hybridized carbons (Fsp3) is 0.524. The van der Waals surface area contributed by atoms with Gasteiger partial charge in [0.25, 0.3) is 5.91 Å². The van der Waals surface area contributed by atoms with E-state index in [0.717, 1.165) is 24.2 Å². The van der Waals surface area contributed by atoms with E-state index < -0.39 is 0 Å². The van der Waals surface area contributed by atoms with Crippen LogP contribution in [0.1, 0.15) is 67.3 Å². The van der Waals surface area contributed by atoms with Gasteiger partial charge in [-0.05, 0) is 61.8 Å². The van der Waals surface area contributed by atoms with Gasteiger partial charge in [0.05, 0.1) is 5.69 Å². The summed E-state index contributed by atoms with van der Waals surface area (Å²) < 4.78 is 7.15. The molecule has 1 unspecified atom stereocenters. The molecule has 0 radical (unpaired) electrons. The van der Waals surface area contributed by atoms with Gasteiger partial charge in [0.1, 0.15) is 5.75 Å². The van der Waals surface area contributed by atoms with E-state index in [0.29, 0.717) is 17.6 Å². The molecule has 0 spiro atoms. The van der Waals surface area contributed by atoms with Crippen molar-refractivity contribution in [2.75, 3.05) is 6.61 Å². The Morgan fingerprint density at radius 3 is 2.36 bits per heavy atom. The number of ether oxygens (including phenoxy) is 1. The number of rotatable bonds is 7. The van der Waals surface area contributed by atoms with Gasteiger partial charge in [0.15, 0.2) is 6.61 Å². The molecule has 2 aromatic rings. The molecule has 136 valence electrons. The normalized spacial score (nSPS) is 12.4. The number of hydrogen-bond donors (Lipinski definition) is 0. The Kier molecular flexibility index (Phi) is 6.40. The summed E-state index contributed by atoms with van der Waals surface area (Å²) in [6, 6.07) is 8.00. The summed E-state index contributed by atoms with van der Waals surface area (Å²) in [7, 11) is 0. The molecule has 1 aromatic carbocycles. The van der Waals surface area contributed by atoms with Crippen LogP contribution in [0.2, 0.25) is 0 Å². The van der Waals surface area contributed by atoms with Crippen LogP contribution in [0.4, 0.5) is 0 Å². The van der Waals surface area contributed by atoms with E-state index in [-0.39, 0.29) is 12.5 Å². The molecule has 0 fully saturated rings. The van der Waals surface area contributed by atoms with Crippen molar-refractivity contribution in [1.29, 1.82) is 0 Å². The van der Waals surface area contributed by atoms with Crippen LogP contribution in [-0.4, -0.2) is 22.3 Å². The first-order valence-electron chi connectivity index (χ1n) is 9.14. The quantitative estimate of drug-likeness (QED) is 0.716. The lowest BCUT2D eigenvalue weighted by Crippen LogP contribution is -2.21. The molecule has 0 saturated heterocycles. The van der Waals surface area contributed by atoms with Crippen LogP contribution in [0.15, 0.2) is 24.3 Å². The lowest BCUT2D eigenvalue weighted by molar-refractivity contribution is 0.0818. The molecule has 1 atom stereocenters. The maximum absolute atomic E-state index is 12.5. The smallest absolute Gasteiger partial charge is 0.284 e. The molecule has 4 nitrogen and oxygen atoms in total. The maximum Gasteiger partial charge on any atom is 0.284 e. The topological polar surface area (TPSA) is 44.1 Å². The summed E-state index contributed by atoms with van der Waals surface area (Å²) in [6.45, 7) is 12.6. The second-order valence-corrected chi connectivity index (χ2v) is 7.22. The molecule has 0 aliphatic heterocycles. The highest BCUT2D eigenvalue weighted by Crippen LogP contribution is 2.22. The molecule has 0 aliphatic rings. The summed E-state index contributed by atoms with van der Waals surface area (Å²) in [4.78, 5) is 12.5. The monoisotopic (exact) mass is 342 g/mol. The number of hydrogen-bond acceptors (Lipinski definition) is 3. The summed E-state index contributed by atoms with van der Waals surface area (Å²) in [5.41, 5.74) is 4.31. The second kappa shape index (κ2) is 8.32. The Balaban J connectivity index is 2.03. The molecule has 0 aliphatic carbocycles. The van der Waals surface area contributed by atoms with Gasteiger partial charge >= 0.3 is 0 Å². The number of aromatic nitrogens is 2. The van der Waals surface area contributed by atoms with Gasteiger partial charge < -0.3 is 4.74 Å². The minimum absolute atomic E-state index is 0.00818. The maximum atomic E-state index is 12.5. The third-order valence-corrected chi connectivity index (χ3v) is 4.71. The highest BCUT2D eigenvalue weighted by Gasteiger charge is 2.17. The first-order valence-corrected chi connectivity index (χ1v) is 9.14. The molecule has 2 rings (SSSR count). The van der Waals surface area contributed by atoms with Gasteiger partial charge in [-0.3, -0.25) is 4.79 Å². The first kappa shape index (κ1) is 19.2. The molecule has 0 bridgehead atoms. The van der Waals surface area contributed by atoms with Crippen molar-refractivity contribution >= 4 is 5.91 Å². The standard InChI is InChI=1S/C21H30N2O2/c1-7-15(4)18-8-10-19(11-9-18)25-13-21(24)23-17(6)20(12-14(2)3)16(5)22-23/h8-11,14-15H,7,12-13H2,1-6H3. The Morgan fingerprint density at radius 1 is 1.16 bits per heavy atom. The Morgan fingerprint density at radius 2 is 1.80 bits per heavy atom. The first-order chi connectivity index (χ1) is 11.8. The predicted octanol–water partition coefficient (Wildman–Crippen LogP) is 4.93. The molecular weight excluding hydrogens is 312 g/mol. The highest BCUT2D eigenvalue weighted by atomic mass is 16.5. The lowest BCUT2D eigenvalue weighted by Gasteiger charge is -2.11. The number of benzene rings is 1. The number of aryl methyl sites for hydroxylation is 1. The number of carbonyl (C=O) groups is 1. The molecule has 1 heterocycles. The van der Waals surface area contributed by atoms with Crippen molar-refractivity contribution in [2.24, 2.45) is 5.92 Å². The van der Waals surface area contributed by atoms with Crippen LogP contribution in [-0.2, 0) is 6.42 Å². The molecular formula is C21H30N2O2. The Labute approximate surface area is 151 Å². The van der Waals surface area contributed by atoms with Crippen LogP contribution < -0.4 is 4.74 Å². The van der Waals surface area contributed by atoms with Crippen LogP contribution >= 0.6 is 0 Å². The van der Waals surface area contributed by atoms with E-state index in [1.54, 1.807) is 0 Å². The van der Waals surface area contributed by atoms with Crippen LogP contribution in [0.25, 0.3) is 0 Å². The zero-order chi connectivity index (χ0) is 18.6. The van der Waals surface area contributed by atoms with Gasteiger partial charge in [-0.25, -0.2) is 4.68 Å². The van der Waals surface area contributed by atoms with E-state index in [1.807, 2.05) is 26.0 Å². The van der Waals surface area contributed by atoms with Crippen molar-refractivity contribution in [2.45, 2.75) is 60.3 Å². The second-order valence-electron chi connectivity index (χ2n) is 7.22.